The van der Waals surface area contributed by atoms with E-state index < -0.39 is 11.9 Å². The van der Waals surface area contributed by atoms with Crippen LogP contribution in [-0.2, 0) is 4.79 Å². The predicted molar refractivity (Wildman–Crippen MR) is 62.6 cm³/mol. The third kappa shape index (κ3) is 3.26. The van der Waals surface area contributed by atoms with E-state index in [1.807, 2.05) is 19.9 Å². The minimum atomic E-state index is -0.661. The van der Waals surface area contributed by atoms with Crippen molar-refractivity contribution in [2.75, 3.05) is 5.32 Å². The van der Waals surface area contributed by atoms with E-state index in [4.69, 9.17) is 11.0 Å². The van der Waals surface area contributed by atoms with Gasteiger partial charge in [-0.2, -0.15) is 5.26 Å². The van der Waals surface area contributed by atoms with Crippen molar-refractivity contribution in [3.63, 3.8) is 0 Å². The van der Waals surface area contributed by atoms with Gasteiger partial charge in [0.1, 0.15) is 11.9 Å². The summed E-state index contributed by atoms with van der Waals surface area (Å²) in [7, 11) is 0. The molecule has 0 saturated heterocycles. The Morgan fingerprint density at radius 1 is 1.53 bits per heavy atom. The summed E-state index contributed by atoms with van der Waals surface area (Å²) in [5, 5.41) is 11.3. The van der Waals surface area contributed by atoms with E-state index in [-0.39, 0.29) is 23.1 Å². The van der Waals surface area contributed by atoms with Gasteiger partial charge >= 0.3 is 0 Å². The van der Waals surface area contributed by atoms with Crippen LogP contribution in [-0.4, -0.2) is 11.9 Å². The lowest BCUT2D eigenvalue weighted by atomic mass is 10.0. The maximum atomic E-state index is 12.9. The van der Waals surface area contributed by atoms with Gasteiger partial charge in [0.05, 0.1) is 17.3 Å². The number of anilines is 1. The zero-order valence-corrected chi connectivity index (χ0v) is 9.70. The summed E-state index contributed by atoms with van der Waals surface area (Å²) in [6.45, 7) is 3.64. The fourth-order valence-electron chi connectivity index (χ4n) is 1.24. The van der Waals surface area contributed by atoms with E-state index in [0.717, 1.165) is 6.07 Å². The number of carbonyl (C=O) groups is 1. The summed E-state index contributed by atoms with van der Waals surface area (Å²) >= 11 is 0. The summed E-state index contributed by atoms with van der Waals surface area (Å²) in [6, 6.07) is 4.74. The molecule has 1 rings (SSSR count). The number of nitrogens with two attached hydrogens (primary N) is 1. The number of hydrogen-bond donors (Lipinski definition) is 2. The molecule has 0 spiro atoms. The fourth-order valence-corrected chi connectivity index (χ4v) is 1.24. The van der Waals surface area contributed by atoms with E-state index in [0.29, 0.717) is 0 Å². The van der Waals surface area contributed by atoms with Crippen molar-refractivity contribution in [3.05, 3.63) is 29.6 Å². The number of amides is 1. The van der Waals surface area contributed by atoms with Crippen LogP contribution in [0, 0.1) is 23.1 Å². The Bertz CT molecular complexity index is 465. The molecular weight excluding hydrogens is 221 g/mol. The van der Waals surface area contributed by atoms with Crippen molar-refractivity contribution in [2.24, 2.45) is 11.7 Å². The van der Waals surface area contributed by atoms with Gasteiger partial charge in [-0.1, -0.05) is 13.8 Å². The Morgan fingerprint density at radius 3 is 2.71 bits per heavy atom. The monoisotopic (exact) mass is 235 g/mol. The molecular formula is C12H14FN3O. The van der Waals surface area contributed by atoms with Crippen LogP contribution in [0.25, 0.3) is 0 Å². The minimum Gasteiger partial charge on any atom is -0.324 e. The average molecular weight is 235 g/mol. The molecule has 17 heavy (non-hydrogen) atoms. The van der Waals surface area contributed by atoms with Crippen LogP contribution in [0.2, 0.25) is 0 Å². The van der Waals surface area contributed by atoms with E-state index in [2.05, 4.69) is 5.32 Å². The quantitative estimate of drug-likeness (QED) is 0.835. The van der Waals surface area contributed by atoms with Crippen molar-refractivity contribution >= 4 is 11.6 Å². The zero-order valence-electron chi connectivity index (χ0n) is 9.70. The van der Waals surface area contributed by atoms with E-state index in [1.165, 1.54) is 12.1 Å². The highest BCUT2D eigenvalue weighted by atomic mass is 19.1. The number of benzene rings is 1. The maximum Gasteiger partial charge on any atom is 0.241 e. The van der Waals surface area contributed by atoms with Gasteiger partial charge in [-0.3, -0.25) is 4.79 Å². The highest BCUT2D eigenvalue weighted by Gasteiger charge is 2.18. The highest BCUT2D eigenvalue weighted by Crippen LogP contribution is 2.16. The largest absolute Gasteiger partial charge is 0.324 e. The van der Waals surface area contributed by atoms with E-state index >= 15 is 0 Å². The molecule has 4 nitrogen and oxygen atoms in total. The number of nitriles is 1. The number of halogens is 1. The SMILES string of the molecule is CC(C)[C@@H](N)C(=O)Nc1ccc(F)cc1C#N. The van der Waals surface area contributed by atoms with Gasteiger partial charge in [0, 0.05) is 0 Å². The summed E-state index contributed by atoms with van der Waals surface area (Å²) < 4.78 is 12.9. The third-order valence-corrected chi connectivity index (χ3v) is 2.38. The highest BCUT2D eigenvalue weighted by molar-refractivity contribution is 5.95. The summed E-state index contributed by atoms with van der Waals surface area (Å²) in [6.07, 6.45) is 0. The number of carbonyl (C=O) groups excluding carboxylic acids is 1. The Balaban J connectivity index is 2.89. The molecule has 0 aliphatic carbocycles. The van der Waals surface area contributed by atoms with Crippen LogP contribution >= 0.6 is 0 Å². The molecule has 5 heteroatoms. The number of rotatable bonds is 3. The Labute approximate surface area is 99.2 Å². The molecule has 0 unspecified atom stereocenters. The second-order valence-corrected chi connectivity index (χ2v) is 4.06. The molecule has 0 aliphatic heterocycles. The number of nitrogens with one attached hydrogen (secondary N) is 1. The zero-order chi connectivity index (χ0) is 13.0. The molecule has 1 atom stereocenters. The lowest BCUT2D eigenvalue weighted by molar-refractivity contribution is -0.118. The van der Waals surface area contributed by atoms with E-state index in [1.54, 1.807) is 0 Å². The molecule has 1 aromatic rings. The second kappa shape index (κ2) is 5.41. The van der Waals surface area contributed by atoms with Gasteiger partial charge in [-0.15, -0.1) is 0 Å². The first-order valence-corrected chi connectivity index (χ1v) is 5.21. The molecule has 0 aliphatic rings. The molecule has 0 fully saturated rings. The Hall–Kier alpha value is -1.93. The molecule has 0 saturated carbocycles. The van der Waals surface area contributed by atoms with Crippen LogP contribution in [0.3, 0.4) is 0 Å². The predicted octanol–water partition coefficient (Wildman–Crippen LogP) is 1.62. The van der Waals surface area contributed by atoms with Gasteiger partial charge in [0.2, 0.25) is 5.91 Å². The van der Waals surface area contributed by atoms with Crippen molar-refractivity contribution in [1.82, 2.24) is 0 Å². The van der Waals surface area contributed by atoms with Crippen molar-refractivity contribution in [3.8, 4) is 6.07 Å². The molecule has 90 valence electrons. The number of hydrogen-bond acceptors (Lipinski definition) is 3. The molecule has 0 heterocycles. The molecule has 0 aromatic heterocycles. The van der Waals surface area contributed by atoms with Crippen LogP contribution < -0.4 is 11.1 Å². The van der Waals surface area contributed by atoms with Gasteiger partial charge in [0.15, 0.2) is 0 Å². The smallest absolute Gasteiger partial charge is 0.241 e. The Morgan fingerprint density at radius 2 is 2.18 bits per heavy atom. The molecule has 1 amide bonds. The average Bonchev–Trinajstić information content (AvgIpc) is 2.30. The first kappa shape index (κ1) is 13.1. The lowest BCUT2D eigenvalue weighted by Gasteiger charge is -2.15. The molecule has 3 N–H and O–H groups in total. The van der Waals surface area contributed by atoms with Gasteiger partial charge in [0.25, 0.3) is 0 Å². The topological polar surface area (TPSA) is 78.9 Å². The van der Waals surface area contributed by atoms with E-state index in [9.17, 15) is 9.18 Å². The standard InChI is InChI=1S/C12H14FN3O/c1-7(2)11(15)12(17)16-10-4-3-9(13)5-8(10)6-14/h3-5,7,11H,15H2,1-2H3,(H,16,17)/t11-/m1/s1. The fraction of sp³-hybridized carbons (Fsp3) is 0.333. The molecule has 1 aromatic carbocycles. The third-order valence-electron chi connectivity index (χ3n) is 2.38. The molecule has 0 radical (unpaired) electrons. The first-order chi connectivity index (χ1) is 7.95. The minimum absolute atomic E-state index is 0.0130. The van der Waals surface area contributed by atoms with Gasteiger partial charge < -0.3 is 11.1 Å². The Kier molecular flexibility index (Phi) is 4.18. The summed E-state index contributed by atoms with van der Waals surface area (Å²) in [5.74, 6) is -0.920. The normalized spacial score (nSPS) is 12.0. The number of nitrogens with zero attached hydrogens (tertiary/aromatic N) is 1. The summed E-state index contributed by atoms with van der Waals surface area (Å²) in [5.41, 5.74) is 6.01. The van der Waals surface area contributed by atoms with Gasteiger partial charge in [-0.05, 0) is 24.1 Å². The first-order valence-electron chi connectivity index (χ1n) is 5.21. The van der Waals surface area contributed by atoms with Crippen LogP contribution in [0.5, 0.6) is 0 Å². The lowest BCUT2D eigenvalue weighted by Crippen LogP contribution is -2.39. The van der Waals surface area contributed by atoms with Gasteiger partial charge in [-0.25, -0.2) is 4.39 Å². The van der Waals surface area contributed by atoms with Crippen molar-refractivity contribution < 1.29 is 9.18 Å². The second-order valence-electron chi connectivity index (χ2n) is 4.06. The molecule has 0 bridgehead atoms. The maximum absolute atomic E-state index is 12.9. The van der Waals surface area contributed by atoms with Crippen molar-refractivity contribution in [2.45, 2.75) is 19.9 Å². The van der Waals surface area contributed by atoms with Crippen LogP contribution in [0.4, 0.5) is 10.1 Å². The van der Waals surface area contributed by atoms with Crippen LogP contribution in [0.15, 0.2) is 18.2 Å². The van der Waals surface area contributed by atoms with Crippen LogP contribution in [0.1, 0.15) is 19.4 Å². The van der Waals surface area contributed by atoms with Crippen molar-refractivity contribution in [1.29, 1.82) is 5.26 Å². The summed E-state index contributed by atoms with van der Waals surface area (Å²) in [4.78, 5) is 11.7.